The van der Waals surface area contributed by atoms with Crippen LogP contribution in [0.15, 0.2) is 109 Å². The summed E-state index contributed by atoms with van der Waals surface area (Å²) >= 11 is 0. The molecule has 0 aliphatic rings. The first-order chi connectivity index (χ1) is 13.2. The highest BCUT2D eigenvalue weighted by molar-refractivity contribution is 5.63. The van der Waals surface area contributed by atoms with Gasteiger partial charge in [0.25, 0.3) is 0 Å². The molecule has 0 radical (unpaired) electrons. The zero-order valence-electron chi connectivity index (χ0n) is 15.3. The molecule has 1 heteroatoms. The monoisotopic (exact) mass is 350 g/mol. The van der Waals surface area contributed by atoms with E-state index in [4.69, 9.17) is 0 Å². The largest absolute Gasteiger partial charge is 0.508 e. The van der Waals surface area contributed by atoms with Crippen LogP contribution in [0.2, 0.25) is 0 Å². The molecule has 0 aliphatic heterocycles. The number of benzene rings is 4. The Morgan fingerprint density at radius 3 is 1.37 bits per heavy atom. The van der Waals surface area contributed by atoms with E-state index in [0.717, 1.165) is 27.8 Å². The van der Waals surface area contributed by atoms with Crippen molar-refractivity contribution in [3.8, 4) is 5.75 Å². The molecular weight excluding hydrogens is 328 g/mol. The Balaban J connectivity index is 2.18. The van der Waals surface area contributed by atoms with E-state index in [0.29, 0.717) is 5.75 Å². The van der Waals surface area contributed by atoms with Crippen molar-refractivity contribution in [2.75, 3.05) is 0 Å². The molecule has 0 unspecified atom stereocenters. The maximum atomic E-state index is 11.0. The quantitative estimate of drug-likeness (QED) is 0.442. The van der Waals surface area contributed by atoms with Crippen LogP contribution in [-0.2, 0) is 5.41 Å². The second kappa shape index (κ2) is 7.13. The van der Waals surface area contributed by atoms with Gasteiger partial charge in [0.15, 0.2) is 0 Å². The van der Waals surface area contributed by atoms with Crippen molar-refractivity contribution in [1.82, 2.24) is 0 Å². The minimum Gasteiger partial charge on any atom is -0.508 e. The summed E-state index contributed by atoms with van der Waals surface area (Å²) in [5.74, 6) is 0.303. The number of hydrogen-bond donors (Lipinski definition) is 1. The second-order valence-electron chi connectivity index (χ2n) is 6.87. The van der Waals surface area contributed by atoms with E-state index in [-0.39, 0.29) is 0 Å². The number of aromatic hydroxyl groups is 1. The van der Waals surface area contributed by atoms with Gasteiger partial charge in [-0.1, -0.05) is 109 Å². The van der Waals surface area contributed by atoms with Crippen LogP contribution in [0.3, 0.4) is 0 Å². The van der Waals surface area contributed by atoms with Crippen LogP contribution in [0.25, 0.3) is 0 Å². The summed E-state index contributed by atoms with van der Waals surface area (Å²) in [6.07, 6.45) is 0. The van der Waals surface area contributed by atoms with E-state index in [1.54, 1.807) is 6.07 Å². The van der Waals surface area contributed by atoms with Crippen molar-refractivity contribution < 1.29 is 5.11 Å². The first-order valence-corrected chi connectivity index (χ1v) is 9.19. The van der Waals surface area contributed by atoms with Gasteiger partial charge >= 0.3 is 0 Å². The summed E-state index contributed by atoms with van der Waals surface area (Å²) in [5, 5.41) is 11.0. The maximum Gasteiger partial charge on any atom is 0.120 e. The molecule has 1 N–H and O–H groups in total. The molecule has 0 fully saturated rings. The van der Waals surface area contributed by atoms with Crippen molar-refractivity contribution in [1.29, 1.82) is 0 Å². The molecule has 4 rings (SSSR count). The number of aryl methyl sites for hydroxylation is 1. The molecule has 0 atom stereocenters. The van der Waals surface area contributed by atoms with Gasteiger partial charge in [-0.25, -0.2) is 0 Å². The van der Waals surface area contributed by atoms with E-state index in [1.165, 1.54) is 0 Å². The third-order valence-electron chi connectivity index (χ3n) is 5.18. The molecule has 0 amide bonds. The van der Waals surface area contributed by atoms with Gasteiger partial charge < -0.3 is 5.11 Å². The fourth-order valence-electron chi connectivity index (χ4n) is 3.98. The van der Waals surface area contributed by atoms with Crippen LogP contribution in [0.5, 0.6) is 5.75 Å². The molecule has 0 aromatic heterocycles. The van der Waals surface area contributed by atoms with Crippen LogP contribution < -0.4 is 0 Å². The lowest BCUT2D eigenvalue weighted by molar-refractivity contribution is 0.460. The van der Waals surface area contributed by atoms with Crippen molar-refractivity contribution in [3.63, 3.8) is 0 Å². The average molecular weight is 350 g/mol. The zero-order valence-corrected chi connectivity index (χ0v) is 15.3. The lowest BCUT2D eigenvalue weighted by Gasteiger charge is -2.37. The normalized spacial score (nSPS) is 11.3. The van der Waals surface area contributed by atoms with Gasteiger partial charge in [0, 0.05) is 5.56 Å². The van der Waals surface area contributed by atoms with E-state index in [1.807, 2.05) is 24.3 Å². The lowest BCUT2D eigenvalue weighted by Crippen LogP contribution is -2.31. The van der Waals surface area contributed by atoms with Crippen molar-refractivity contribution in [2.24, 2.45) is 0 Å². The van der Waals surface area contributed by atoms with Crippen LogP contribution >= 0.6 is 0 Å². The fourth-order valence-corrected chi connectivity index (χ4v) is 3.98. The summed E-state index contributed by atoms with van der Waals surface area (Å²) in [5.41, 5.74) is 4.80. The minimum atomic E-state index is -0.597. The fraction of sp³-hybridized carbons (Fsp3) is 0.0769. The summed E-state index contributed by atoms with van der Waals surface area (Å²) in [7, 11) is 0. The molecular formula is C26H22O. The highest BCUT2D eigenvalue weighted by atomic mass is 16.3. The van der Waals surface area contributed by atoms with Crippen LogP contribution in [0.1, 0.15) is 27.8 Å². The molecule has 0 saturated heterocycles. The predicted octanol–water partition coefficient (Wildman–Crippen LogP) is 6.08. The van der Waals surface area contributed by atoms with Gasteiger partial charge in [0.2, 0.25) is 0 Å². The number of hydrogen-bond acceptors (Lipinski definition) is 1. The van der Waals surface area contributed by atoms with Crippen LogP contribution in [0.4, 0.5) is 0 Å². The Bertz CT molecular complexity index is 925. The molecule has 0 bridgehead atoms. The molecule has 0 spiro atoms. The standard InChI is InChI=1S/C26H22O/c1-20-17-18-25(27)24(19-20)26(21-11-5-2-6-12-21,22-13-7-3-8-14-22)23-15-9-4-10-16-23/h2-19,27H,1H3. The summed E-state index contributed by atoms with van der Waals surface area (Å²) < 4.78 is 0. The molecule has 4 aromatic carbocycles. The van der Waals surface area contributed by atoms with Crippen LogP contribution in [-0.4, -0.2) is 5.11 Å². The lowest BCUT2D eigenvalue weighted by atomic mass is 9.64. The van der Waals surface area contributed by atoms with E-state index in [2.05, 4.69) is 85.8 Å². The van der Waals surface area contributed by atoms with Gasteiger partial charge in [-0.05, 0) is 29.7 Å². The molecule has 4 aromatic rings. The van der Waals surface area contributed by atoms with E-state index >= 15 is 0 Å². The highest BCUT2D eigenvalue weighted by Crippen LogP contribution is 2.48. The third-order valence-corrected chi connectivity index (χ3v) is 5.18. The van der Waals surface area contributed by atoms with Gasteiger partial charge in [-0.15, -0.1) is 0 Å². The Kier molecular flexibility index (Phi) is 4.52. The highest BCUT2D eigenvalue weighted by Gasteiger charge is 2.40. The van der Waals surface area contributed by atoms with Gasteiger partial charge in [0.1, 0.15) is 5.75 Å². The Morgan fingerprint density at radius 2 is 0.963 bits per heavy atom. The molecule has 132 valence electrons. The Hall–Kier alpha value is -3.32. The topological polar surface area (TPSA) is 20.2 Å². The summed E-state index contributed by atoms with van der Waals surface area (Å²) in [4.78, 5) is 0. The molecule has 0 heterocycles. The molecule has 1 nitrogen and oxygen atoms in total. The van der Waals surface area contributed by atoms with Gasteiger partial charge in [0.05, 0.1) is 5.41 Å². The SMILES string of the molecule is Cc1ccc(O)c(C(c2ccccc2)(c2ccccc2)c2ccccc2)c1. The van der Waals surface area contributed by atoms with Crippen molar-refractivity contribution >= 4 is 0 Å². The first kappa shape index (κ1) is 17.1. The Labute approximate surface area is 160 Å². The second-order valence-corrected chi connectivity index (χ2v) is 6.87. The summed E-state index contributed by atoms with van der Waals surface area (Å²) in [6.45, 7) is 2.06. The minimum absolute atomic E-state index is 0.303. The zero-order chi connectivity index (χ0) is 18.7. The smallest absolute Gasteiger partial charge is 0.120 e. The van der Waals surface area contributed by atoms with Gasteiger partial charge in [-0.2, -0.15) is 0 Å². The molecule has 0 aliphatic carbocycles. The average Bonchev–Trinajstić information content (AvgIpc) is 2.73. The van der Waals surface area contributed by atoms with E-state index in [9.17, 15) is 5.11 Å². The third kappa shape index (κ3) is 2.92. The first-order valence-electron chi connectivity index (χ1n) is 9.19. The number of phenolic OH excluding ortho intramolecular Hbond substituents is 1. The predicted molar refractivity (Wildman–Crippen MR) is 111 cm³/mol. The van der Waals surface area contributed by atoms with E-state index < -0.39 is 5.41 Å². The maximum absolute atomic E-state index is 11.0. The molecule has 27 heavy (non-hydrogen) atoms. The Morgan fingerprint density at radius 1 is 0.556 bits per heavy atom. The summed E-state index contributed by atoms with van der Waals surface area (Å²) in [6, 6.07) is 37.1. The van der Waals surface area contributed by atoms with Crippen LogP contribution in [0, 0.1) is 6.92 Å². The number of phenols is 1. The van der Waals surface area contributed by atoms with Gasteiger partial charge in [-0.3, -0.25) is 0 Å². The number of rotatable bonds is 4. The van der Waals surface area contributed by atoms with Crippen molar-refractivity contribution in [2.45, 2.75) is 12.3 Å². The van der Waals surface area contributed by atoms with Crippen molar-refractivity contribution in [3.05, 3.63) is 137 Å². The molecule has 0 saturated carbocycles.